The fourth-order valence-corrected chi connectivity index (χ4v) is 3.45. The smallest absolute Gasteiger partial charge is 0.335 e. The van der Waals surface area contributed by atoms with E-state index in [0.717, 1.165) is 6.54 Å². The number of anilines is 1. The van der Waals surface area contributed by atoms with Crippen LogP contribution in [0.2, 0.25) is 0 Å². The molecule has 2 fully saturated rings. The number of carboxylic acid groups (broad SMARTS) is 1. The maximum Gasteiger partial charge on any atom is 0.335 e. The van der Waals surface area contributed by atoms with Crippen LogP contribution in [0.1, 0.15) is 29.6 Å². The molecule has 1 atom stereocenters. The summed E-state index contributed by atoms with van der Waals surface area (Å²) in [5.74, 6) is -0.912. The van der Waals surface area contributed by atoms with Crippen molar-refractivity contribution in [1.82, 2.24) is 10.3 Å². The summed E-state index contributed by atoms with van der Waals surface area (Å²) in [5, 5.41) is 20.8. The van der Waals surface area contributed by atoms with Crippen LogP contribution < -0.4 is 10.2 Å². The summed E-state index contributed by atoms with van der Waals surface area (Å²) in [6.45, 7) is 3.51. The van der Waals surface area contributed by atoms with Crippen LogP contribution in [0.3, 0.4) is 0 Å². The van der Waals surface area contributed by atoms with Crippen LogP contribution in [0, 0.1) is 0 Å². The fraction of sp³-hybridized carbons (Fsp3) is 0.368. The summed E-state index contributed by atoms with van der Waals surface area (Å²) in [6, 6.07) is 9.53. The molecule has 1 spiro atoms. The number of hydrogen-bond donors (Lipinski definition) is 3. The van der Waals surface area contributed by atoms with E-state index < -0.39 is 5.97 Å². The van der Waals surface area contributed by atoms with E-state index in [4.69, 9.17) is 10.2 Å². The van der Waals surface area contributed by atoms with Crippen LogP contribution in [-0.4, -0.2) is 46.3 Å². The average molecular weight is 341 g/mol. The summed E-state index contributed by atoms with van der Waals surface area (Å²) in [4.78, 5) is 16.9. The number of phenolic OH excluding ortho intramolecular Hbond substituents is 1. The molecule has 25 heavy (non-hydrogen) atoms. The van der Waals surface area contributed by atoms with Crippen molar-refractivity contribution in [1.29, 1.82) is 0 Å². The van der Waals surface area contributed by atoms with Crippen molar-refractivity contribution in [3.8, 4) is 5.75 Å². The Kier molecular flexibility index (Phi) is 5.19. The molecule has 0 amide bonds. The zero-order chi connectivity index (χ0) is 17.7. The molecule has 0 unspecified atom stereocenters. The lowest BCUT2D eigenvalue weighted by Gasteiger charge is -2.25. The van der Waals surface area contributed by atoms with Crippen molar-refractivity contribution in [3.05, 3.63) is 54.4 Å². The molecule has 2 aliphatic rings. The van der Waals surface area contributed by atoms with Crippen molar-refractivity contribution in [2.24, 2.45) is 0 Å². The predicted molar refractivity (Wildman–Crippen MR) is 96.1 cm³/mol. The van der Waals surface area contributed by atoms with Gasteiger partial charge in [-0.2, -0.15) is 0 Å². The van der Waals surface area contributed by atoms with Crippen molar-refractivity contribution in [3.63, 3.8) is 0 Å². The van der Waals surface area contributed by atoms with Crippen molar-refractivity contribution < 1.29 is 15.0 Å². The molecular formula is C19H23N3O3. The Hall–Kier alpha value is -2.60. The number of hydrogen-bond acceptors (Lipinski definition) is 5. The Morgan fingerprint density at radius 2 is 2.00 bits per heavy atom. The number of phenols is 1. The van der Waals surface area contributed by atoms with Crippen molar-refractivity contribution >= 4 is 11.7 Å². The molecule has 2 aliphatic heterocycles. The number of carbonyl (C=O) groups is 1. The third-order valence-corrected chi connectivity index (χ3v) is 4.81. The highest BCUT2D eigenvalue weighted by Crippen LogP contribution is 2.32. The first-order valence-electron chi connectivity index (χ1n) is 8.50. The third kappa shape index (κ3) is 4.28. The van der Waals surface area contributed by atoms with Crippen LogP contribution in [0.5, 0.6) is 5.75 Å². The van der Waals surface area contributed by atoms with Gasteiger partial charge in [0.05, 0.1) is 17.4 Å². The van der Waals surface area contributed by atoms with Crippen LogP contribution in [0.4, 0.5) is 5.69 Å². The molecule has 0 saturated carbocycles. The van der Waals surface area contributed by atoms with E-state index in [1.807, 2.05) is 18.5 Å². The summed E-state index contributed by atoms with van der Waals surface area (Å²) >= 11 is 0. The van der Waals surface area contributed by atoms with E-state index in [1.54, 1.807) is 0 Å². The standard InChI is InChI=1S/C12H17N3.C7H6O3/c1-3-11(9-13-6-1)15-8-5-12(10-15)4-2-7-14-12;8-6-3-1-5(2-4-6)7(9)10/h1,3,6,9,14H,2,4-5,7-8,10H2;1-4,8H,(H,9,10)/t12-;/m1./s1. The number of carboxylic acids is 1. The maximum atomic E-state index is 10.2. The molecule has 2 saturated heterocycles. The first-order chi connectivity index (χ1) is 12.1. The highest BCUT2D eigenvalue weighted by molar-refractivity contribution is 5.87. The second-order valence-electron chi connectivity index (χ2n) is 6.55. The highest BCUT2D eigenvalue weighted by atomic mass is 16.4. The van der Waals surface area contributed by atoms with Gasteiger partial charge in [0, 0.05) is 24.8 Å². The number of aromatic nitrogens is 1. The van der Waals surface area contributed by atoms with Gasteiger partial charge >= 0.3 is 5.97 Å². The Balaban J connectivity index is 0.000000160. The van der Waals surface area contributed by atoms with Crippen LogP contribution in [-0.2, 0) is 0 Å². The SMILES string of the molecule is O=C(O)c1ccc(O)cc1.c1cncc(N2CC[C@]3(CCCN3)C2)c1. The molecule has 132 valence electrons. The van der Waals surface area contributed by atoms with Gasteiger partial charge in [-0.05, 0) is 62.2 Å². The van der Waals surface area contributed by atoms with Gasteiger partial charge in [-0.15, -0.1) is 0 Å². The Morgan fingerprint density at radius 3 is 2.60 bits per heavy atom. The van der Waals surface area contributed by atoms with Gasteiger partial charge < -0.3 is 20.4 Å². The van der Waals surface area contributed by atoms with Gasteiger partial charge in [-0.25, -0.2) is 4.79 Å². The molecule has 2 aromatic rings. The van der Waals surface area contributed by atoms with E-state index in [2.05, 4.69) is 21.3 Å². The molecule has 1 aromatic carbocycles. The first-order valence-corrected chi connectivity index (χ1v) is 8.50. The molecular weight excluding hydrogens is 318 g/mol. The van der Waals surface area contributed by atoms with E-state index in [9.17, 15) is 4.79 Å². The minimum atomic E-state index is -0.986. The van der Waals surface area contributed by atoms with Gasteiger partial charge in [0.2, 0.25) is 0 Å². The van der Waals surface area contributed by atoms with Gasteiger partial charge in [0.15, 0.2) is 0 Å². The minimum Gasteiger partial charge on any atom is -0.508 e. The zero-order valence-electron chi connectivity index (χ0n) is 14.1. The normalized spacial score (nSPS) is 21.8. The largest absolute Gasteiger partial charge is 0.508 e. The number of aromatic hydroxyl groups is 1. The number of nitrogens with zero attached hydrogens (tertiary/aromatic N) is 2. The lowest BCUT2D eigenvalue weighted by Crippen LogP contribution is -2.42. The van der Waals surface area contributed by atoms with E-state index in [-0.39, 0.29) is 11.3 Å². The molecule has 3 N–H and O–H groups in total. The molecule has 4 rings (SSSR count). The number of aromatic carboxylic acids is 1. The van der Waals surface area contributed by atoms with Crippen molar-refractivity contribution in [2.75, 3.05) is 24.5 Å². The molecule has 0 aliphatic carbocycles. The van der Waals surface area contributed by atoms with Crippen LogP contribution in [0.15, 0.2) is 48.8 Å². The first kappa shape index (κ1) is 17.2. The van der Waals surface area contributed by atoms with E-state index in [1.165, 1.54) is 62.3 Å². The second kappa shape index (κ2) is 7.53. The molecule has 6 nitrogen and oxygen atoms in total. The molecule has 0 radical (unpaired) electrons. The number of pyridine rings is 1. The van der Waals surface area contributed by atoms with Gasteiger partial charge in [0.25, 0.3) is 0 Å². The zero-order valence-corrected chi connectivity index (χ0v) is 14.1. The monoisotopic (exact) mass is 341 g/mol. The third-order valence-electron chi connectivity index (χ3n) is 4.81. The van der Waals surface area contributed by atoms with Crippen LogP contribution in [0.25, 0.3) is 0 Å². The van der Waals surface area contributed by atoms with Gasteiger partial charge in [-0.3, -0.25) is 4.98 Å². The van der Waals surface area contributed by atoms with Gasteiger partial charge in [0.1, 0.15) is 5.75 Å². The lowest BCUT2D eigenvalue weighted by atomic mass is 9.97. The number of rotatable bonds is 2. The molecule has 0 bridgehead atoms. The summed E-state index contributed by atoms with van der Waals surface area (Å²) in [7, 11) is 0. The van der Waals surface area contributed by atoms with Gasteiger partial charge in [-0.1, -0.05) is 0 Å². The summed E-state index contributed by atoms with van der Waals surface area (Å²) in [6.07, 6.45) is 7.75. The highest BCUT2D eigenvalue weighted by Gasteiger charge is 2.39. The quantitative estimate of drug-likeness (QED) is 0.778. The molecule has 6 heteroatoms. The summed E-state index contributed by atoms with van der Waals surface area (Å²) in [5.41, 5.74) is 1.86. The van der Waals surface area contributed by atoms with E-state index in [0.29, 0.717) is 5.54 Å². The Morgan fingerprint density at radius 1 is 1.20 bits per heavy atom. The molecule has 1 aromatic heterocycles. The summed E-state index contributed by atoms with van der Waals surface area (Å²) < 4.78 is 0. The molecule has 3 heterocycles. The maximum absolute atomic E-state index is 10.2. The Bertz CT molecular complexity index is 698. The van der Waals surface area contributed by atoms with Crippen molar-refractivity contribution in [2.45, 2.75) is 24.8 Å². The minimum absolute atomic E-state index is 0.0741. The van der Waals surface area contributed by atoms with E-state index >= 15 is 0 Å². The number of benzene rings is 1. The average Bonchev–Trinajstić information content (AvgIpc) is 3.27. The predicted octanol–water partition coefficient (Wildman–Crippen LogP) is 2.50. The fourth-order valence-electron chi connectivity index (χ4n) is 3.45. The topological polar surface area (TPSA) is 85.7 Å². The second-order valence-corrected chi connectivity index (χ2v) is 6.55. The van der Waals surface area contributed by atoms with Crippen LogP contribution >= 0.6 is 0 Å². The Labute approximate surface area is 147 Å². The lowest BCUT2D eigenvalue weighted by molar-refractivity contribution is 0.0697. The number of nitrogens with one attached hydrogen (secondary N) is 1.